The predicted octanol–water partition coefficient (Wildman–Crippen LogP) is 0.887. The van der Waals surface area contributed by atoms with Crippen LogP contribution in [0.1, 0.15) is 32.9 Å². The third kappa shape index (κ3) is 4.54. The maximum atomic E-state index is 5.65. The predicted molar refractivity (Wildman–Crippen MR) is 78.5 cm³/mol. The van der Waals surface area contributed by atoms with Crippen molar-refractivity contribution in [2.24, 2.45) is 0 Å². The Morgan fingerprint density at radius 1 is 1.40 bits per heavy atom. The van der Waals surface area contributed by atoms with Crippen molar-refractivity contribution in [3.8, 4) is 0 Å². The molecule has 0 bridgehead atoms. The lowest BCUT2D eigenvalue weighted by atomic mass is 10.2. The molecule has 1 aliphatic rings. The zero-order valence-corrected chi connectivity index (χ0v) is 12.9. The van der Waals surface area contributed by atoms with Gasteiger partial charge in [0.1, 0.15) is 0 Å². The van der Waals surface area contributed by atoms with Gasteiger partial charge in [-0.2, -0.15) is 0 Å². The molecule has 2 atom stereocenters. The molecule has 2 unspecified atom stereocenters. The summed E-state index contributed by atoms with van der Waals surface area (Å²) in [6, 6.07) is 0.486. The first-order valence-corrected chi connectivity index (χ1v) is 7.64. The van der Waals surface area contributed by atoms with Crippen molar-refractivity contribution in [3.63, 3.8) is 0 Å². The lowest BCUT2D eigenvalue weighted by Gasteiger charge is -2.36. The van der Waals surface area contributed by atoms with Gasteiger partial charge in [0.15, 0.2) is 0 Å². The summed E-state index contributed by atoms with van der Waals surface area (Å²) in [5.41, 5.74) is 1.02. The highest BCUT2D eigenvalue weighted by Crippen LogP contribution is 2.11. The van der Waals surface area contributed by atoms with E-state index in [-0.39, 0.29) is 0 Å². The van der Waals surface area contributed by atoms with E-state index in [1.165, 1.54) is 0 Å². The van der Waals surface area contributed by atoms with E-state index < -0.39 is 0 Å². The molecule has 0 radical (unpaired) electrons. The van der Waals surface area contributed by atoms with Crippen LogP contribution in [0.25, 0.3) is 0 Å². The molecule has 2 rings (SSSR count). The molecule has 0 spiro atoms. The minimum absolute atomic E-state index is 0.329. The summed E-state index contributed by atoms with van der Waals surface area (Å²) in [4.78, 5) is 2.46. The van der Waals surface area contributed by atoms with Gasteiger partial charge < -0.3 is 10.1 Å². The van der Waals surface area contributed by atoms with Gasteiger partial charge in [-0.3, -0.25) is 9.58 Å². The number of aromatic nitrogens is 3. The molecule has 1 aliphatic heterocycles. The van der Waals surface area contributed by atoms with Crippen LogP contribution >= 0.6 is 0 Å². The van der Waals surface area contributed by atoms with E-state index >= 15 is 0 Å². The Hall–Kier alpha value is -0.980. The molecule has 1 aromatic rings. The molecule has 114 valence electrons. The Morgan fingerprint density at radius 2 is 2.25 bits per heavy atom. The van der Waals surface area contributed by atoms with E-state index in [2.05, 4.69) is 41.3 Å². The molecule has 20 heavy (non-hydrogen) atoms. The second-order valence-electron chi connectivity index (χ2n) is 5.64. The first-order valence-electron chi connectivity index (χ1n) is 7.64. The van der Waals surface area contributed by atoms with Crippen molar-refractivity contribution in [2.75, 3.05) is 26.2 Å². The molecule has 0 amide bonds. The average molecular weight is 281 g/mol. The maximum Gasteiger partial charge on any atom is 0.0964 e. The van der Waals surface area contributed by atoms with Gasteiger partial charge in [0.2, 0.25) is 0 Å². The summed E-state index contributed by atoms with van der Waals surface area (Å²) in [7, 11) is 0. The van der Waals surface area contributed by atoms with Crippen molar-refractivity contribution in [1.29, 1.82) is 0 Å². The molecule has 1 aromatic heterocycles. The van der Waals surface area contributed by atoms with Gasteiger partial charge in [0.05, 0.1) is 24.9 Å². The fourth-order valence-corrected chi connectivity index (χ4v) is 2.44. The minimum Gasteiger partial charge on any atom is -0.376 e. The summed E-state index contributed by atoms with van der Waals surface area (Å²) in [5.74, 6) is 0. The summed E-state index contributed by atoms with van der Waals surface area (Å²) in [6.45, 7) is 12.0. The molecule has 1 N–H and O–H groups in total. The lowest BCUT2D eigenvalue weighted by molar-refractivity contribution is -0.0504. The van der Waals surface area contributed by atoms with Gasteiger partial charge in [-0.25, -0.2) is 0 Å². The van der Waals surface area contributed by atoms with E-state index in [1.807, 2.05) is 10.9 Å². The summed E-state index contributed by atoms with van der Waals surface area (Å²) < 4.78 is 7.59. The van der Waals surface area contributed by atoms with Crippen LogP contribution in [0.3, 0.4) is 0 Å². The normalized spacial score (nSPS) is 24.1. The number of hydrogen-bond acceptors (Lipinski definition) is 5. The van der Waals surface area contributed by atoms with Crippen LogP contribution in [-0.4, -0.2) is 58.3 Å². The summed E-state index contributed by atoms with van der Waals surface area (Å²) in [5, 5.41) is 11.7. The third-order valence-electron chi connectivity index (χ3n) is 3.67. The topological polar surface area (TPSA) is 55.2 Å². The Balaban J connectivity index is 1.75. The number of hydrogen-bond donors (Lipinski definition) is 1. The molecule has 2 heterocycles. The van der Waals surface area contributed by atoms with Crippen LogP contribution in [0.2, 0.25) is 0 Å². The van der Waals surface area contributed by atoms with Crippen LogP contribution in [0.15, 0.2) is 6.20 Å². The van der Waals surface area contributed by atoms with Crippen molar-refractivity contribution >= 4 is 0 Å². The SMILES string of the molecule is CCCNCc1cn(CCN2CC(C)OCC2C)nn1. The maximum absolute atomic E-state index is 5.65. The van der Waals surface area contributed by atoms with Crippen LogP contribution in [0.5, 0.6) is 0 Å². The van der Waals surface area contributed by atoms with Crippen molar-refractivity contribution in [1.82, 2.24) is 25.2 Å². The first-order chi connectivity index (χ1) is 9.69. The molecule has 0 aromatic carbocycles. The van der Waals surface area contributed by atoms with Gasteiger partial charge in [-0.05, 0) is 26.8 Å². The molecule has 0 saturated carbocycles. The first kappa shape index (κ1) is 15.4. The van der Waals surface area contributed by atoms with E-state index in [0.717, 1.165) is 51.4 Å². The smallest absolute Gasteiger partial charge is 0.0964 e. The van der Waals surface area contributed by atoms with Crippen molar-refractivity contribution < 1.29 is 4.74 Å². The zero-order valence-electron chi connectivity index (χ0n) is 12.9. The third-order valence-corrected chi connectivity index (χ3v) is 3.67. The van der Waals surface area contributed by atoms with Gasteiger partial charge in [0, 0.05) is 31.9 Å². The highest BCUT2D eigenvalue weighted by molar-refractivity contribution is 4.91. The largest absolute Gasteiger partial charge is 0.376 e. The molecule has 1 saturated heterocycles. The van der Waals surface area contributed by atoms with Crippen molar-refractivity contribution in [2.45, 2.75) is 52.4 Å². The number of rotatable bonds is 7. The van der Waals surface area contributed by atoms with Gasteiger partial charge in [-0.15, -0.1) is 5.10 Å². The van der Waals surface area contributed by atoms with E-state index in [9.17, 15) is 0 Å². The molecular formula is C14H27N5O. The van der Waals surface area contributed by atoms with Gasteiger partial charge in [-0.1, -0.05) is 12.1 Å². The Labute approximate surface area is 121 Å². The monoisotopic (exact) mass is 281 g/mol. The van der Waals surface area contributed by atoms with Crippen molar-refractivity contribution in [3.05, 3.63) is 11.9 Å². The second-order valence-corrected chi connectivity index (χ2v) is 5.64. The Kier molecular flexibility index (Phi) is 5.94. The van der Waals surface area contributed by atoms with Crippen LogP contribution < -0.4 is 5.32 Å². The Morgan fingerprint density at radius 3 is 3.05 bits per heavy atom. The van der Waals surface area contributed by atoms with Crippen LogP contribution in [0, 0.1) is 0 Å². The van der Waals surface area contributed by atoms with E-state index in [4.69, 9.17) is 4.74 Å². The average Bonchev–Trinajstić information content (AvgIpc) is 2.88. The highest BCUT2D eigenvalue weighted by atomic mass is 16.5. The number of morpholine rings is 1. The standard InChI is InChI=1S/C14H27N5O/c1-4-5-15-8-14-10-19(17-16-14)7-6-18-9-13(3)20-11-12(18)2/h10,12-13,15H,4-9,11H2,1-3H3. The number of nitrogens with one attached hydrogen (secondary N) is 1. The van der Waals surface area contributed by atoms with E-state index in [0.29, 0.717) is 12.1 Å². The van der Waals surface area contributed by atoms with E-state index in [1.54, 1.807) is 0 Å². The second kappa shape index (κ2) is 7.71. The molecule has 1 fully saturated rings. The molecule has 0 aliphatic carbocycles. The van der Waals surface area contributed by atoms with Gasteiger partial charge >= 0.3 is 0 Å². The van der Waals surface area contributed by atoms with Crippen LogP contribution in [-0.2, 0) is 17.8 Å². The van der Waals surface area contributed by atoms with Gasteiger partial charge in [0.25, 0.3) is 0 Å². The lowest BCUT2D eigenvalue weighted by Crippen LogP contribution is -2.48. The quantitative estimate of drug-likeness (QED) is 0.752. The molecule has 6 heteroatoms. The summed E-state index contributed by atoms with van der Waals surface area (Å²) in [6.07, 6.45) is 3.51. The zero-order chi connectivity index (χ0) is 14.4. The Bertz CT molecular complexity index is 395. The molecular weight excluding hydrogens is 254 g/mol. The minimum atomic E-state index is 0.329. The number of ether oxygens (including phenoxy) is 1. The number of nitrogens with zero attached hydrogens (tertiary/aromatic N) is 4. The van der Waals surface area contributed by atoms with Crippen LogP contribution in [0.4, 0.5) is 0 Å². The fourth-order valence-electron chi connectivity index (χ4n) is 2.44. The fraction of sp³-hybridized carbons (Fsp3) is 0.857. The highest BCUT2D eigenvalue weighted by Gasteiger charge is 2.22. The summed E-state index contributed by atoms with van der Waals surface area (Å²) >= 11 is 0. The molecule has 6 nitrogen and oxygen atoms in total.